The van der Waals surface area contributed by atoms with Crippen molar-refractivity contribution in [2.45, 2.75) is 0 Å². The van der Waals surface area contributed by atoms with Gasteiger partial charge in [0.15, 0.2) is 0 Å². The second-order valence-corrected chi connectivity index (χ2v) is 5.29. The molecule has 0 radical (unpaired) electrons. The number of aromatic nitrogens is 2. The van der Waals surface area contributed by atoms with Gasteiger partial charge in [-0.3, -0.25) is 9.89 Å². The Bertz CT molecular complexity index is 866. The third-order valence-electron chi connectivity index (χ3n) is 3.40. The first-order valence-electron chi connectivity index (χ1n) is 7.01. The van der Waals surface area contributed by atoms with Crippen molar-refractivity contribution in [1.29, 1.82) is 0 Å². The molecule has 0 aliphatic rings. The number of esters is 1. The highest BCUT2D eigenvalue weighted by Crippen LogP contribution is 2.20. The third kappa shape index (κ3) is 3.06. The molecule has 0 fully saturated rings. The van der Waals surface area contributed by atoms with Crippen LogP contribution in [0.2, 0.25) is 0 Å². The Hall–Kier alpha value is -3.15. The van der Waals surface area contributed by atoms with Crippen LogP contribution in [0.4, 0.5) is 0 Å². The maximum absolute atomic E-state index is 12.2. The summed E-state index contributed by atoms with van der Waals surface area (Å²) in [4.78, 5) is 25.5. The van der Waals surface area contributed by atoms with Crippen LogP contribution < -0.4 is 4.74 Å². The summed E-state index contributed by atoms with van der Waals surface area (Å²) >= 11 is 0. The molecular weight excluding hydrogens is 294 g/mol. The summed E-state index contributed by atoms with van der Waals surface area (Å²) in [5.74, 6) is -0.149. The topological polar surface area (TPSA) is 75.3 Å². The van der Waals surface area contributed by atoms with Crippen LogP contribution in [-0.4, -0.2) is 41.1 Å². The van der Waals surface area contributed by atoms with Crippen molar-refractivity contribution in [2.24, 2.45) is 0 Å². The zero-order valence-corrected chi connectivity index (χ0v) is 12.7. The number of nitrogens with one attached hydrogen (secondary N) is 1. The number of amides is 1. The van der Waals surface area contributed by atoms with E-state index in [2.05, 4.69) is 10.2 Å². The van der Waals surface area contributed by atoms with E-state index in [1.165, 1.54) is 4.90 Å². The van der Waals surface area contributed by atoms with Crippen LogP contribution in [0.3, 0.4) is 0 Å². The molecule has 0 saturated carbocycles. The molecule has 1 aromatic heterocycles. The fourth-order valence-corrected chi connectivity index (χ4v) is 2.16. The van der Waals surface area contributed by atoms with Crippen molar-refractivity contribution in [2.75, 3.05) is 14.1 Å². The number of hydrogen-bond donors (Lipinski definition) is 1. The van der Waals surface area contributed by atoms with E-state index in [1.54, 1.807) is 62.8 Å². The highest BCUT2D eigenvalue weighted by Gasteiger charge is 2.12. The van der Waals surface area contributed by atoms with E-state index >= 15 is 0 Å². The lowest BCUT2D eigenvalue weighted by Crippen LogP contribution is -2.21. The monoisotopic (exact) mass is 309 g/mol. The number of H-pyrrole nitrogens is 1. The van der Waals surface area contributed by atoms with Gasteiger partial charge in [-0.05, 0) is 42.5 Å². The lowest BCUT2D eigenvalue weighted by molar-refractivity contribution is 0.0733. The van der Waals surface area contributed by atoms with Gasteiger partial charge in [-0.2, -0.15) is 5.10 Å². The second-order valence-electron chi connectivity index (χ2n) is 5.29. The van der Waals surface area contributed by atoms with Gasteiger partial charge in [-0.15, -0.1) is 0 Å². The summed E-state index contributed by atoms with van der Waals surface area (Å²) in [5.41, 5.74) is 1.77. The summed E-state index contributed by atoms with van der Waals surface area (Å²) in [6, 6.07) is 11.6. The smallest absolute Gasteiger partial charge is 0.343 e. The molecule has 1 amide bonds. The van der Waals surface area contributed by atoms with Crippen molar-refractivity contribution in [3.05, 3.63) is 59.8 Å². The summed E-state index contributed by atoms with van der Waals surface area (Å²) in [5, 5.41) is 7.61. The van der Waals surface area contributed by atoms with Crippen LogP contribution in [0, 0.1) is 0 Å². The molecule has 0 bridgehead atoms. The molecule has 1 N–H and O–H groups in total. The molecule has 23 heavy (non-hydrogen) atoms. The van der Waals surface area contributed by atoms with Gasteiger partial charge in [0.1, 0.15) is 5.75 Å². The lowest BCUT2D eigenvalue weighted by Gasteiger charge is -2.10. The number of aromatic amines is 1. The van der Waals surface area contributed by atoms with Gasteiger partial charge in [0.2, 0.25) is 0 Å². The number of rotatable bonds is 3. The van der Waals surface area contributed by atoms with Crippen LogP contribution >= 0.6 is 0 Å². The van der Waals surface area contributed by atoms with E-state index in [9.17, 15) is 9.59 Å². The minimum atomic E-state index is -0.475. The highest BCUT2D eigenvalue weighted by atomic mass is 16.5. The molecule has 0 aliphatic heterocycles. The van der Waals surface area contributed by atoms with Crippen molar-refractivity contribution < 1.29 is 14.3 Å². The van der Waals surface area contributed by atoms with Gasteiger partial charge in [0.25, 0.3) is 5.91 Å². The van der Waals surface area contributed by atoms with Gasteiger partial charge in [-0.1, -0.05) is 0 Å². The standard InChI is InChI=1S/C17H15N3O3/c1-20(2)16(21)11-3-5-12(6-4-11)17(22)23-14-7-8-15-13(9-14)10-18-19-15/h3-10H,1-2H3,(H,18,19). The Morgan fingerprint density at radius 2 is 1.74 bits per heavy atom. The van der Waals surface area contributed by atoms with Gasteiger partial charge in [0, 0.05) is 25.0 Å². The van der Waals surface area contributed by atoms with Gasteiger partial charge in [-0.25, -0.2) is 4.79 Å². The molecule has 3 aromatic rings. The number of carbonyl (C=O) groups excluding carboxylic acids is 2. The average Bonchev–Trinajstić information content (AvgIpc) is 3.01. The Labute approximate surface area is 132 Å². The average molecular weight is 309 g/mol. The van der Waals surface area contributed by atoms with Gasteiger partial charge < -0.3 is 9.64 Å². The lowest BCUT2D eigenvalue weighted by atomic mass is 10.1. The summed E-state index contributed by atoms with van der Waals surface area (Å²) in [6.45, 7) is 0. The quantitative estimate of drug-likeness (QED) is 0.596. The van der Waals surface area contributed by atoms with Crippen LogP contribution in [0.1, 0.15) is 20.7 Å². The summed E-state index contributed by atoms with van der Waals surface area (Å²) in [6.07, 6.45) is 1.66. The molecule has 3 rings (SSSR count). The normalized spacial score (nSPS) is 10.5. The number of carbonyl (C=O) groups is 2. The van der Waals surface area contributed by atoms with Crippen molar-refractivity contribution in [1.82, 2.24) is 15.1 Å². The second kappa shape index (κ2) is 5.92. The Morgan fingerprint density at radius 3 is 2.43 bits per heavy atom. The van der Waals surface area contributed by atoms with Gasteiger partial charge >= 0.3 is 5.97 Å². The van der Waals surface area contributed by atoms with Crippen molar-refractivity contribution in [3.63, 3.8) is 0 Å². The van der Waals surface area contributed by atoms with E-state index in [-0.39, 0.29) is 5.91 Å². The minimum Gasteiger partial charge on any atom is -0.423 e. The Morgan fingerprint density at radius 1 is 1.04 bits per heavy atom. The molecule has 0 saturated heterocycles. The predicted octanol–water partition coefficient (Wildman–Crippen LogP) is 2.48. The van der Waals surface area contributed by atoms with E-state index in [0.717, 1.165) is 10.9 Å². The van der Waals surface area contributed by atoms with E-state index in [0.29, 0.717) is 16.9 Å². The Balaban J connectivity index is 1.76. The molecule has 0 aliphatic carbocycles. The van der Waals surface area contributed by atoms with Gasteiger partial charge in [0.05, 0.1) is 17.3 Å². The molecule has 0 atom stereocenters. The molecular formula is C17H15N3O3. The van der Waals surface area contributed by atoms with Crippen LogP contribution in [0.15, 0.2) is 48.7 Å². The molecule has 1 heterocycles. The zero-order chi connectivity index (χ0) is 16.4. The third-order valence-corrected chi connectivity index (χ3v) is 3.40. The summed E-state index contributed by atoms with van der Waals surface area (Å²) < 4.78 is 5.35. The molecule has 6 nitrogen and oxygen atoms in total. The number of nitrogens with zero attached hydrogens (tertiary/aromatic N) is 2. The molecule has 0 spiro atoms. The molecule has 2 aromatic carbocycles. The number of fused-ring (bicyclic) bond motifs is 1. The fraction of sp³-hybridized carbons (Fsp3) is 0.118. The SMILES string of the molecule is CN(C)C(=O)c1ccc(C(=O)Oc2ccc3[nH]ncc3c2)cc1. The zero-order valence-electron chi connectivity index (χ0n) is 12.7. The van der Waals surface area contributed by atoms with Crippen LogP contribution in [0.25, 0.3) is 10.9 Å². The molecule has 116 valence electrons. The minimum absolute atomic E-state index is 0.115. The van der Waals surface area contributed by atoms with E-state index < -0.39 is 5.97 Å². The van der Waals surface area contributed by atoms with Crippen molar-refractivity contribution >= 4 is 22.8 Å². The summed E-state index contributed by atoms with van der Waals surface area (Å²) in [7, 11) is 3.35. The van der Waals surface area contributed by atoms with Crippen LogP contribution in [-0.2, 0) is 0 Å². The van der Waals surface area contributed by atoms with E-state index in [1.807, 2.05) is 0 Å². The number of hydrogen-bond acceptors (Lipinski definition) is 4. The van der Waals surface area contributed by atoms with E-state index in [4.69, 9.17) is 4.74 Å². The molecule has 0 unspecified atom stereocenters. The maximum atomic E-state index is 12.2. The number of ether oxygens (including phenoxy) is 1. The van der Waals surface area contributed by atoms with Crippen LogP contribution in [0.5, 0.6) is 5.75 Å². The maximum Gasteiger partial charge on any atom is 0.343 e. The first kappa shape index (κ1) is 14.8. The fourth-order valence-electron chi connectivity index (χ4n) is 2.16. The first-order chi connectivity index (χ1) is 11.0. The van der Waals surface area contributed by atoms with Crippen molar-refractivity contribution in [3.8, 4) is 5.75 Å². The first-order valence-corrected chi connectivity index (χ1v) is 7.01. The predicted molar refractivity (Wildman–Crippen MR) is 85.5 cm³/mol. The molecule has 6 heteroatoms. The Kier molecular flexibility index (Phi) is 3.80. The highest BCUT2D eigenvalue weighted by molar-refractivity contribution is 5.96. The number of benzene rings is 2. The largest absolute Gasteiger partial charge is 0.423 e.